The second kappa shape index (κ2) is 7.46. The molecule has 2 aromatic rings. The molecule has 0 aliphatic carbocycles. The third-order valence-corrected chi connectivity index (χ3v) is 4.52. The smallest absolute Gasteiger partial charge is 0.252 e. The number of carbonyl (C=O) groups excluding carboxylic acids is 2. The standard InChI is InChI=1S/C17H17N3O3S/c21-10-14(16(23)20-17-18-7-8-24-17)19-15(22)13-6-5-11-3-1-2-4-12(11)9-13/h1-6,9,14,21H,7-8,10H2,(H,19,22)(H,18,20,23)/t14-/m0/s1. The highest BCUT2D eigenvalue weighted by atomic mass is 32.2. The van der Waals surface area contributed by atoms with Gasteiger partial charge < -0.3 is 15.7 Å². The molecule has 24 heavy (non-hydrogen) atoms. The van der Waals surface area contributed by atoms with Crippen LogP contribution in [0.15, 0.2) is 47.5 Å². The van der Waals surface area contributed by atoms with Crippen LogP contribution < -0.4 is 10.6 Å². The number of aliphatic hydroxyl groups is 1. The lowest BCUT2D eigenvalue weighted by Crippen LogP contribution is -2.49. The zero-order valence-electron chi connectivity index (χ0n) is 12.9. The Morgan fingerprint density at radius 2 is 2.00 bits per heavy atom. The third-order valence-electron chi connectivity index (χ3n) is 3.63. The van der Waals surface area contributed by atoms with Crippen molar-refractivity contribution in [3.63, 3.8) is 0 Å². The van der Waals surface area contributed by atoms with Crippen LogP contribution in [0.5, 0.6) is 0 Å². The number of thioether (sulfide) groups is 1. The maximum atomic E-state index is 12.4. The minimum Gasteiger partial charge on any atom is -0.394 e. The summed E-state index contributed by atoms with van der Waals surface area (Å²) in [6.45, 7) is 0.177. The van der Waals surface area contributed by atoms with E-state index in [1.807, 2.05) is 30.3 Å². The molecule has 1 aliphatic heterocycles. The number of aliphatic imine (C=N–C) groups is 1. The second-order valence-corrected chi connectivity index (χ2v) is 6.38. The molecule has 6 nitrogen and oxygen atoms in total. The summed E-state index contributed by atoms with van der Waals surface area (Å²) in [7, 11) is 0. The van der Waals surface area contributed by atoms with Crippen LogP contribution in [0.4, 0.5) is 0 Å². The van der Waals surface area contributed by atoms with E-state index in [0.29, 0.717) is 17.3 Å². The number of carbonyl (C=O) groups is 2. The Labute approximate surface area is 143 Å². The van der Waals surface area contributed by atoms with Gasteiger partial charge in [-0.2, -0.15) is 0 Å². The number of amides is 2. The topological polar surface area (TPSA) is 90.8 Å². The van der Waals surface area contributed by atoms with Crippen LogP contribution >= 0.6 is 11.8 Å². The van der Waals surface area contributed by atoms with E-state index in [0.717, 1.165) is 16.5 Å². The summed E-state index contributed by atoms with van der Waals surface area (Å²) >= 11 is 1.44. The predicted octanol–water partition coefficient (Wildman–Crippen LogP) is 1.15. The lowest BCUT2D eigenvalue weighted by molar-refractivity contribution is -0.122. The van der Waals surface area contributed by atoms with E-state index in [4.69, 9.17) is 0 Å². The maximum absolute atomic E-state index is 12.4. The number of fused-ring (bicyclic) bond motifs is 1. The van der Waals surface area contributed by atoms with Gasteiger partial charge in [-0.05, 0) is 22.9 Å². The first-order valence-corrected chi connectivity index (χ1v) is 8.54. The van der Waals surface area contributed by atoms with Crippen LogP contribution in [0.3, 0.4) is 0 Å². The van der Waals surface area contributed by atoms with Crippen molar-refractivity contribution in [2.75, 3.05) is 18.9 Å². The zero-order chi connectivity index (χ0) is 16.9. The molecule has 0 spiro atoms. The Morgan fingerprint density at radius 3 is 2.71 bits per heavy atom. The molecule has 1 atom stereocenters. The number of aliphatic hydroxyl groups excluding tert-OH is 1. The van der Waals surface area contributed by atoms with Crippen LogP contribution in [-0.4, -0.2) is 47.0 Å². The second-order valence-electron chi connectivity index (χ2n) is 5.30. The average molecular weight is 343 g/mol. The molecule has 2 amide bonds. The Hall–Kier alpha value is -2.38. The molecule has 7 heteroatoms. The molecule has 0 fully saturated rings. The van der Waals surface area contributed by atoms with Gasteiger partial charge in [-0.25, -0.2) is 0 Å². The first kappa shape index (κ1) is 16.5. The average Bonchev–Trinajstić information content (AvgIpc) is 3.11. The van der Waals surface area contributed by atoms with Gasteiger partial charge in [-0.3, -0.25) is 14.6 Å². The Balaban J connectivity index is 1.69. The van der Waals surface area contributed by atoms with E-state index in [-0.39, 0.29) is 0 Å². The lowest BCUT2D eigenvalue weighted by atomic mass is 10.1. The number of benzene rings is 2. The van der Waals surface area contributed by atoms with Gasteiger partial charge in [0.1, 0.15) is 6.04 Å². The Kier molecular flexibility index (Phi) is 5.12. The number of rotatable bonds is 4. The van der Waals surface area contributed by atoms with Gasteiger partial charge in [0.25, 0.3) is 11.8 Å². The normalized spacial score (nSPS) is 15.0. The van der Waals surface area contributed by atoms with E-state index in [1.54, 1.807) is 12.1 Å². The fourth-order valence-corrected chi connectivity index (χ4v) is 3.10. The fourth-order valence-electron chi connectivity index (χ4n) is 2.37. The molecule has 0 aromatic heterocycles. The first-order valence-electron chi connectivity index (χ1n) is 7.56. The monoisotopic (exact) mass is 343 g/mol. The Bertz CT molecular complexity index is 807. The molecule has 1 aliphatic rings. The summed E-state index contributed by atoms with van der Waals surface area (Å²) in [4.78, 5) is 28.6. The molecule has 3 N–H and O–H groups in total. The maximum Gasteiger partial charge on any atom is 0.252 e. The van der Waals surface area contributed by atoms with Crippen LogP contribution in [0, 0.1) is 0 Å². The quantitative estimate of drug-likeness (QED) is 0.777. The highest BCUT2D eigenvalue weighted by Gasteiger charge is 2.22. The summed E-state index contributed by atoms with van der Waals surface area (Å²) in [6.07, 6.45) is 0. The van der Waals surface area contributed by atoms with Gasteiger partial charge >= 0.3 is 0 Å². The van der Waals surface area contributed by atoms with Crippen molar-refractivity contribution in [1.82, 2.24) is 10.6 Å². The lowest BCUT2D eigenvalue weighted by Gasteiger charge is -2.16. The highest BCUT2D eigenvalue weighted by molar-refractivity contribution is 8.14. The van der Waals surface area contributed by atoms with E-state index < -0.39 is 24.5 Å². The minimum atomic E-state index is -1.02. The molecular formula is C17H17N3O3S. The number of hydrogen-bond acceptors (Lipinski definition) is 5. The SMILES string of the molecule is O=C(N[C@@H](CO)C(=O)NC1=NCCS1)c1ccc2ccccc2c1. The minimum absolute atomic E-state index is 0.407. The largest absolute Gasteiger partial charge is 0.394 e. The van der Waals surface area contributed by atoms with Gasteiger partial charge in [0.05, 0.1) is 13.2 Å². The number of nitrogens with zero attached hydrogens (tertiary/aromatic N) is 1. The summed E-state index contributed by atoms with van der Waals surface area (Å²) in [6, 6.07) is 12.0. The summed E-state index contributed by atoms with van der Waals surface area (Å²) in [5.74, 6) is -0.0567. The van der Waals surface area contributed by atoms with Crippen molar-refractivity contribution in [3.05, 3.63) is 48.0 Å². The van der Waals surface area contributed by atoms with Crippen molar-refractivity contribution < 1.29 is 14.7 Å². The molecular weight excluding hydrogens is 326 g/mol. The van der Waals surface area contributed by atoms with E-state index in [1.165, 1.54) is 11.8 Å². The predicted molar refractivity (Wildman–Crippen MR) is 95.2 cm³/mol. The van der Waals surface area contributed by atoms with Gasteiger partial charge in [0.15, 0.2) is 5.17 Å². The van der Waals surface area contributed by atoms with Crippen molar-refractivity contribution in [3.8, 4) is 0 Å². The molecule has 0 saturated heterocycles. The first-order chi connectivity index (χ1) is 11.7. The van der Waals surface area contributed by atoms with E-state index >= 15 is 0 Å². The molecule has 1 heterocycles. The van der Waals surface area contributed by atoms with Crippen molar-refractivity contribution in [2.45, 2.75) is 6.04 Å². The van der Waals surface area contributed by atoms with Gasteiger partial charge in [-0.15, -0.1) is 0 Å². The molecule has 0 saturated carbocycles. The van der Waals surface area contributed by atoms with E-state index in [9.17, 15) is 14.7 Å². The molecule has 0 bridgehead atoms. The van der Waals surface area contributed by atoms with Crippen LogP contribution in [-0.2, 0) is 4.79 Å². The molecule has 2 aromatic carbocycles. The van der Waals surface area contributed by atoms with Crippen molar-refractivity contribution >= 4 is 39.5 Å². The van der Waals surface area contributed by atoms with Crippen LogP contribution in [0.25, 0.3) is 10.8 Å². The number of hydrogen-bond donors (Lipinski definition) is 3. The summed E-state index contributed by atoms with van der Waals surface area (Å²) in [5.41, 5.74) is 0.438. The van der Waals surface area contributed by atoms with Gasteiger partial charge in [0.2, 0.25) is 0 Å². The number of amidine groups is 1. The summed E-state index contributed by atoms with van der Waals surface area (Å²) in [5, 5.41) is 17.1. The van der Waals surface area contributed by atoms with Crippen LogP contribution in [0.2, 0.25) is 0 Å². The number of nitrogens with one attached hydrogen (secondary N) is 2. The van der Waals surface area contributed by atoms with Crippen molar-refractivity contribution in [2.24, 2.45) is 4.99 Å². The molecule has 0 radical (unpaired) electrons. The molecule has 124 valence electrons. The Morgan fingerprint density at radius 1 is 1.21 bits per heavy atom. The molecule has 0 unspecified atom stereocenters. The summed E-state index contributed by atoms with van der Waals surface area (Å²) < 4.78 is 0. The molecule has 3 rings (SSSR count). The fraction of sp³-hybridized carbons (Fsp3) is 0.235. The zero-order valence-corrected chi connectivity index (χ0v) is 13.7. The van der Waals surface area contributed by atoms with E-state index in [2.05, 4.69) is 15.6 Å². The van der Waals surface area contributed by atoms with Crippen molar-refractivity contribution in [1.29, 1.82) is 0 Å². The highest BCUT2D eigenvalue weighted by Crippen LogP contribution is 2.15. The van der Waals surface area contributed by atoms with Crippen LogP contribution in [0.1, 0.15) is 10.4 Å². The van der Waals surface area contributed by atoms with Gasteiger partial charge in [0, 0.05) is 11.3 Å². The third kappa shape index (κ3) is 3.74. The van der Waals surface area contributed by atoms with Gasteiger partial charge in [-0.1, -0.05) is 42.1 Å².